The minimum atomic E-state index is -0.0350. The van der Waals surface area contributed by atoms with E-state index in [2.05, 4.69) is 27.2 Å². The summed E-state index contributed by atoms with van der Waals surface area (Å²) in [5.41, 5.74) is 6.79. The molecule has 0 amide bonds. The average molecular weight is 297 g/mol. The van der Waals surface area contributed by atoms with Crippen LogP contribution in [0.5, 0.6) is 5.75 Å². The zero-order valence-electron chi connectivity index (χ0n) is 10.0. The Morgan fingerprint density at radius 2 is 2.29 bits per heavy atom. The highest BCUT2D eigenvalue weighted by molar-refractivity contribution is 9.10. The van der Waals surface area contributed by atoms with Crippen LogP contribution in [0.1, 0.15) is 18.5 Å². The molecule has 0 aliphatic heterocycles. The monoisotopic (exact) mass is 296 g/mol. The summed E-state index contributed by atoms with van der Waals surface area (Å²) in [4.78, 5) is 0. The lowest BCUT2D eigenvalue weighted by Crippen LogP contribution is -2.34. The third-order valence-electron chi connectivity index (χ3n) is 2.50. The van der Waals surface area contributed by atoms with Gasteiger partial charge in [-0.05, 0) is 25.1 Å². The summed E-state index contributed by atoms with van der Waals surface area (Å²) in [6.07, 6.45) is 5.36. The van der Waals surface area contributed by atoms with Crippen LogP contribution in [0, 0.1) is 12.3 Å². The van der Waals surface area contributed by atoms with Gasteiger partial charge in [0.1, 0.15) is 5.75 Å². The summed E-state index contributed by atoms with van der Waals surface area (Å²) in [5, 5.41) is 3.27. The lowest BCUT2D eigenvalue weighted by Gasteiger charge is -2.21. The third kappa shape index (κ3) is 3.74. The number of hydrogen-bond acceptors (Lipinski definition) is 3. The number of rotatable bonds is 5. The van der Waals surface area contributed by atoms with Crippen molar-refractivity contribution in [1.82, 2.24) is 5.32 Å². The van der Waals surface area contributed by atoms with Crippen LogP contribution in [0.15, 0.2) is 22.7 Å². The highest BCUT2D eigenvalue weighted by Gasteiger charge is 2.16. The van der Waals surface area contributed by atoms with Crippen LogP contribution in [0.25, 0.3) is 0 Å². The van der Waals surface area contributed by atoms with E-state index >= 15 is 0 Å². The van der Waals surface area contributed by atoms with Crippen LogP contribution < -0.4 is 15.8 Å². The van der Waals surface area contributed by atoms with Crippen molar-refractivity contribution in [1.29, 1.82) is 0 Å². The topological polar surface area (TPSA) is 47.3 Å². The van der Waals surface area contributed by atoms with E-state index in [1.165, 1.54) is 0 Å². The van der Waals surface area contributed by atoms with Crippen molar-refractivity contribution < 1.29 is 4.74 Å². The molecule has 0 saturated heterocycles. The van der Waals surface area contributed by atoms with E-state index < -0.39 is 0 Å². The van der Waals surface area contributed by atoms with E-state index in [9.17, 15) is 0 Å². The molecule has 0 fully saturated rings. The molecule has 3 N–H and O–H groups in total. The fraction of sp³-hybridized carbons (Fsp3) is 0.385. The lowest BCUT2D eigenvalue weighted by molar-refractivity contribution is 0.397. The van der Waals surface area contributed by atoms with Gasteiger partial charge in [0.15, 0.2) is 0 Å². The molecule has 0 radical (unpaired) electrons. The van der Waals surface area contributed by atoms with Gasteiger partial charge in [0.25, 0.3) is 0 Å². The number of methoxy groups -OCH3 is 1. The number of nitrogens with one attached hydrogen (secondary N) is 1. The average Bonchev–Trinajstić information content (AvgIpc) is 2.35. The smallest absolute Gasteiger partial charge is 0.123 e. The Morgan fingerprint density at radius 1 is 1.59 bits per heavy atom. The van der Waals surface area contributed by atoms with Crippen molar-refractivity contribution in [3.05, 3.63) is 28.2 Å². The van der Waals surface area contributed by atoms with Crippen molar-refractivity contribution in [2.45, 2.75) is 19.0 Å². The summed E-state index contributed by atoms with van der Waals surface area (Å²) in [6.45, 7) is 2.38. The summed E-state index contributed by atoms with van der Waals surface area (Å²) in [7, 11) is 1.64. The molecule has 0 aliphatic rings. The number of hydrogen-bond donors (Lipinski definition) is 2. The van der Waals surface area contributed by atoms with E-state index in [1.54, 1.807) is 7.11 Å². The second-order valence-corrected chi connectivity index (χ2v) is 4.65. The van der Waals surface area contributed by atoms with Crippen LogP contribution in [0.3, 0.4) is 0 Å². The van der Waals surface area contributed by atoms with Crippen molar-refractivity contribution in [3.63, 3.8) is 0 Å². The van der Waals surface area contributed by atoms with Crippen LogP contribution in [0.2, 0.25) is 0 Å². The molecule has 0 heterocycles. The maximum atomic E-state index is 5.78. The second kappa shape index (κ2) is 6.65. The van der Waals surface area contributed by atoms with Gasteiger partial charge in [0.05, 0.1) is 13.2 Å². The Kier molecular flexibility index (Phi) is 5.49. The Bertz CT molecular complexity index is 414. The standard InChI is InChI=1S/C13H17BrN2O/c1-4-9(2)16-12(8-15)11-7-10(14)5-6-13(11)17-3/h1,5-7,9,12,16H,8,15H2,2-3H3. The number of terminal acetylenes is 1. The molecule has 1 aromatic rings. The normalized spacial score (nSPS) is 13.8. The number of nitrogens with two attached hydrogens (primary N) is 1. The molecule has 3 nitrogen and oxygen atoms in total. The summed E-state index contributed by atoms with van der Waals surface area (Å²) in [6, 6.07) is 5.78. The van der Waals surface area contributed by atoms with Crippen LogP contribution >= 0.6 is 15.9 Å². The molecule has 0 bridgehead atoms. The molecular formula is C13H17BrN2O. The molecule has 2 atom stereocenters. The molecule has 0 saturated carbocycles. The van der Waals surface area contributed by atoms with E-state index in [0.29, 0.717) is 6.54 Å². The van der Waals surface area contributed by atoms with Gasteiger partial charge in [-0.1, -0.05) is 21.9 Å². The van der Waals surface area contributed by atoms with Crippen molar-refractivity contribution in [2.24, 2.45) is 5.73 Å². The molecule has 0 aromatic heterocycles. The predicted molar refractivity (Wildman–Crippen MR) is 73.9 cm³/mol. The third-order valence-corrected chi connectivity index (χ3v) is 3.00. The molecule has 1 aromatic carbocycles. The van der Waals surface area contributed by atoms with Crippen molar-refractivity contribution >= 4 is 15.9 Å². The van der Waals surface area contributed by atoms with Gasteiger partial charge in [-0.25, -0.2) is 0 Å². The highest BCUT2D eigenvalue weighted by atomic mass is 79.9. The second-order valence-electron chi connectivity index (χ2n) is 3.73. The number of benzene rings is 1. The molecule has 0 spiro atoms. The van der Waals surface area contributed by atoms with Crippen LogP contribution in [-0.2, 0) is 0 Å². The van der Waals surface area contributed by atoms with E-state index in [4.69, 9.17) is 16.9 Å². The van der Waals surface area contributed by atoms with Gasteiger partial charge in [0, 0.05) is 22.6 Å². The van der Waals surface area contributed by atoms with E-state index in [-0.39, 0.29) is 12.1 Å². The minimum absolute atomic E-state index is 0.0199. The predicted octanol–water partition coefficient (Wildman–Crippen LogP) is 2.07. The first-order valence-electron chi connectivity index (χ1n) is 5.38. The molecular weight excluding hydrogens is 280 g/mol. The lowest BCUT2D eigenvalue weighted by atomic mass is 10.0. The first-order chi connectivity index (χ1) is 8.12. The molecule has 92 valence electrons. The van der Waals surface area contributed by atoms with Gasteiger partial charge >= 0.3 is 0 Å². The fourth-order valence-corrected chi connectivity index (χ4v) is 1.99. The number of halogens is 1. The van der Waals surface area contributed by atoms with Gasteiger partial charge in [-0.2, -0.15) is 0 Å². The fourth-order valence-electron chi connectivity index (χ4n) is 1.61. The Hall–Kier alpha value is -1.02. The summed E-state index contributed by atoms with van der Waals surface area (Å²) < 4.78 is 6.32. The Balaban J connectivity index is 3.02. The maximum Gasteiger partial charge on any atom is 0.123 e. The van der Waals surface area contributed by atoms with Gasteiger partial charge < -0.3 is 10.5 Å². The Labute approximate surface area is 111 Å². The molecule has 1 rings (SSSR count). The molecule has 4 heteroatoms. The highest BCUT2D eigenvalue weighted by Crippen LogP contribution is 2.28. The largest absolute Gasteiger partial charge is 0.496 e. The van der Waals surface area contributed by atoms with Crippen molar-refractivity contribution in [3.8, 4) is 18.1 Å². The molecule has 0 aliphatic carbocycles. The maximum absolute atomic E-state index is 5.78. The van der Waals surface area contributed by atoms with Gasteiger partial charge in [-0.15, -0.1) is 6.42 Å². The molecule has 2 unspecified atom stereocenters. The van der Waals surface area contributed by atoms with Crippen LogP contribution in [0.4, 0.5) is 0 Å². The molecule has 17 heavy (non-hydrogen) atoms. The van der Waals surface area contributed by atoms with E-state index in [0.717, 1.165) is 15.8 Å². The van der Waals surface area contributed by atoms with E-state index in [1.807, 2.05) is 25.1 Å². The minimum Gasteiger partial charge on any atom is -0.496 e. The first-order valence-corrected chi connectivity index (χ1v) is 6.17. The first kappa shape index (κ1) is 14.0. The van der Waals surface area contributed by atoms with Crippen LogP contribution in [-0.4, -0.2) is 19.7 Å². The SMILES string of the molecule is C#CC(C)NC(CN)c1cc(Br)ccc1OC. The number of ether oxygens (including phenoxy) is 1. The zero-order chi connectivity index (χ0) is 12.8. The summed E-state index contributed by atoms with van der Waals surface area (Å²) >= 11 is 3.44. The zero-order valence-corrected chi connectivity index (χ0v) is 11.6. The van der Waals surface area contributed by atoms with Crippen molar-refractivity contribution in [2.75, 3.05) is 13.7 Å². The summed E-state index contributed by atoms with van der Waals surface area (Å²) in [5.74, 6) is 3.44. The Morgan fingerprint density at radius 3 is 2.82 bits per heavy atom. The van der Waals surface area contributed by atoms with Gasteiger partial charge in [0.2, 0.25) is 0 Å². The quantitative estimate of drug-likeness (QED) is 0.818. The van der Waals surface area contributed by atoms with Gasteiger partial charge in [-0.3, -0.25) is 5.32 Å².